The quantitative estimate of drug-likeness (QED) is 0.422. The second kappa shape index (κ2) is 7.48. The fraction of sp³-hybridized carbons (Fsp3) is 0.667. The Balaban J connectivity index is 0.000000218. The van der Waals surface area contributed by atoms with Crippen molar-refractivity contribution in [2.24, 2.45) is 0 Å². The molecule has 0 radical (unpaired) electrons. The summed E-state index contributed by atoms with van der Waals surface area (Å²) in [7, 11) is 2.19. The Kier molecular flexibility index (Phi) is 7.05. The molecule has 1 fully saturated rings. The number of piperidine rings is 1. The van der Waals surface area contributed by atoms with Crippen LogP contribution in [0.5, 0.6) is 0 Å². The molecule has 1 rings (SSSR count). The van der Waals surface area contributed by atoms with Crippen LogP contribution < -0.4 is 0 Å². The highest BCUT2D eigenvalue weighted by molar-refractivity contribution is 5.63. The van der Waals surface area contributed by atoms with Gasteiger partial charge in [-0.25, -0.2) is 0 Å². The minimum absolute atomic E-state index is 0.639. The third-order valence-corrected chi connectivity index (χ3v) is 1.68. The molecule has 64 valence electrons. The van der Waals surface area contributed by atoms with E-state index in [0.717, 1.165) is 0 Å². The number of hydrogen-bond acceptors (Lipinski definition) is 2. The molecule has 0 atom stereocenters. The first-order valence-electron chi connectivity index (χ1n) is 4.06. The van der Waals surface area contributed by atoms with Gasteiger partial charge < -0.3 is 4.90 Å². The van der Waals surface area contributed by atoms with Crippen LogP contribution in [0.3, 0.4) is 0 Å². The van der Waals surface area contributed by atoms with Crippen molar-refractivity contribution in [2.75, 3.05) is 20.1 Å². The van der Waals surface area contributed by atoms with Crippen molar-refractivity contribution < 1.29 is 4.79 Å². The first kappa shape index (κ1) is 10.4. The summed E-state index contributed by atoms with van der Waals surface area (Å²) in [5, 5.41) is 0. The zero-order chi connectivity index (χ0) is 8.53. The van der Waals surface area contributed by atoms with Crippen LogP contribution in [0.1, 0.15) is 19.3 Å². The number of rotatable bonds is 1. The maximum atomic E-state index is 9.06. The molecule has 0 aromatic heterocycles. The average Bonchev–Trinajstić information content (AvgIpc) is 2.07. The Hall–Kier alpha value is -0.630. The Morgan fingerprint density at radius 1 is 1.27 bits per heavy atom. The Morgan fingerprint density at radius 3 is 1.91 bits per heavy atom. The summed E-state index contributed by atoms with van der Waals surface area (Å²) in [5.74, 6) is 0. The van der Waals surface area contributed by atoms with Crippen molar-refractivity contribution in [1.82, 2.24) is 4.90 Å². The Bertz CT molecular complexity index is 100. The molecule has 0 bridgehead atoms. The lowest BCUT2D eigenvalue weighted by atomic mass is 10.1. The van der Waals surface area contributed by atoms with Crippen LogP contribution >= 0.6 is 0 Å². The van der Waals surface area contributed by atoms with E-state index in [1.54, 1.807) is 0 Å². The van der Waals surface area contributed by atoms with Gasteiger partial charge in [0.2, 0.25) is 0 Å². The van der Waals surface area contributed by atoms with Gasteiger partial charge >= 0.3 is 0 Å². The van der Waals surface area contributed by atoms with Crippen LogP contribution in [0.15, 0.2) is 12.7 Å². The summed E-state index contributed by atoms with van der Waals surface area (Å²) in [6.45, 7) is 5.75. The van der Waals surface area contributed by atoms with Gasteiger partial charge in [0.15, 0.2) is 0 Å². The summed E-state index contributed by atoms with van der Waals surface area (Å²) in [4.78, 5) is 11.4. The standard InChI is InChI=1S/C6H13N.C3H4O/c1-7-5-3-2-4-6-7;1-2-3-4/h2-6H2,1H3;2-3H,1H2. The second-order valence-corrected chi connectivity index (χ2v) is 2.74. The molecule has 11 heavy (non-hydrogen) atoms. The van der Waals surface area contributed by atoms with Crippen molar-refractivity contribution in [3.63, 3.8) is 0 Å². The topological polar surface area (TPSA) is 20.3 Å². The van der Waals surface area contributed by atoms with Crippen LogP contribution in [0.2, 0.25) is 0 Å². The van der Waals surface area contributed by atoms with Crippen LogP contribution in [0.25, 0.3) is 0 Å². The summed E-state index contributed by atoms with van der Waals surface area (Å²) in [5.41, 5.74) is 0. The van der Waals surface area contributed by atoms with Gasteiger partial charge in [0.05, 0.1) is 0 Å². The molecule has 0 N–H and O–H groups in total. The minimum atomic E-state index is 0.639. The number of aldehydes is 1. The van der Waals surface area contributed by atoms with E-state index in [4.69, 9.17) is 4.79 Å². The number of carbonyl (C=O) groups excluding carboxylic acids is 1. The first-order chi connectivity index (χ1) is 5.31. The second-order valence-electron chi connectivity index (χ2n) is 2.74. The van der Waals surface area contributed by atoms with E-state index >= 15 is 0 Å². The van der Waals surface area contributed by atoms with Crippen LogP contribution in [0.4, 0.5) is 0 Å². The lowest BCUT2D eigenvalue weighted by molar-refractivity contribution is -0.104. The maximum Gasteiger partial charge on any atom is 0.142 e. The van der Waals surface area contributed by atoms with Gasteiger partial charge in [-0.2, -0.15) is 0 Å². The fourth-order valence-corrected chi connectivity index (χ4v) is 1.05. The Labute approximate surface area is 68.9 Å². The number of hydrogen-bond donors (Lipinski definition) is 0. The van der Waals surface area contributed by atoms with Crippen molar-refractivity contribution >= 4 is 6.29 Å². The molecule has 0 spiro atoms. The van der Waals surface area contributed by atoms with E-state index in [9.17, 15) is 0 Å². The summed E-state index contributed by atoms with van der Waals surface area (Å²) >= 11 is 0. The van der Waals surface area contributed by atoms with E-state index in [1.807, 2.05) is 0 Å². The average molecular weight is 155 g/mol. The third kappa shape index (κ3) is 7.26. The van der Waals surface area contributed by atoms with E-state index in [1.165, 1.54) is 38.4 Å². The Morgan fingerprint density at radius 2 is 1.73 bits per heavy atom. The highest BCUT2D eigenvalue weighted by Crippen LogP contribution is 2.04. The molecule has 2 heteroatoms. The van der Waals surface area contributed by atoms with E-state index in [-0.39, 0.29) is 0 Å². The van der Waals surface area contributed by atoms with Gasteiger partial charge in [-0.1, -0.05) is 13.0 Å². The number of carbonyl (C=O) groups is 1. The molecule has 0 unspecified atom stereocenters. The molecular weight excluding hydrogens is 138 g/mol. The van der Waals surface area contributed by atoms with Crippen molar-refractivity contribution in [1.29, 1.82) is 0 Å². The molecule has 1 aliphatic rings. The molecule has 1 aliphatic heterocycles. The van der Waals surface area contributed by atoms with Crippen molar-refractivity contribution in [3.05, 3.63) is 12.7 Å². The van der Waals surface area contributed by atoms with Crippen molar-refractivity contribution in [2.45, 2.75) is 19.3 Å². The largest absolute Gasteiger partial charge is 0.306 e. The van der Waals surface area contributed by atoms with Crippen LogP contribution in [0, 0.1) is 0 Å². The highest BCUT2D eigenvalue weighted by Gasteiger charge is 2.02. The smallest absolute Gasteiger partial charge is 0.142 e. The fourth-order valence-electron chi connectivity index (χ4n) is 1.05. The number of likely N-dealkylation sites (tertiary alicyclic amines) is 1. The molecule has 0 aliphatic carbocycles. The van der Waals surface area contributed by atoms with Gasteiger partial charge in [0.1, 0.15) is 6.29 Å². The van der Waals surface area contributed by atoms with Crippen LogP contribution in [-0.4, -0.2) is 31.3 Å². The monoisotopic (exact) mass is 155 g/mol. The molecule has 0 saturated carbocycles. The lowest BCUT2D eigenvalue weighted by Gasteiger charge is -2.20. The minimum Gasteiger partial charge on any atom is -0.306 e. The zero-order valence-electron chi connectivity index (χ0n) is 7.25. The predicted molar refractivity (Wildman–Crippen MR) is 47.6 cm³/mol. The van der Waals surface area contributed by atoms with Crippen LogP contribution in [-0.2, 0) is 4.79 Å². The van der Waals surface area contributed by atoms with Crippen molar-refractivity contribution in [3.8, 4) is 0 Å². The SMILES string of the molecule is C=CC=O.CN1CCCCC1. The molecule has 0 amide bonds. The molecule has 1 heterocycles. The van der Waals surface area contributed by atoms with E-state index in [0.29, 0.717) is 6.29 Å². The van der Waals surface area contributed by atoms with Gasteiger partial charge in [-0.05, 0) is 39.1 Å². The molecular formula is C9H17NO. The summed E-state index contributed by atoms with van der Waals surface area (Å²) in [6.07, 6.45) is 6.11. The zero-order valence-corrected chi connectivity index (χ0v) is 7.25. The molecule has 2 nitrogen and oxygen atoms in total. The van der Waals surface area contributed by atoms with Gasteiger partial charge in [0, 0.05) is 0 Å². The predicted octanol–water partition coefficient (Wildman–Crippen LogP) is 1.47. The molecule has 0 aromatic carbocycles. The number of nitrogens with zero attached hydrogens (tertiary/aromatic N) is 1. The first-order valence-corrected chi connectivity index (χ1v) is 4.06. The third-order valence-electron chi connectivity index (χ3n) is 1.68. The van der Waals surface area contributed by atoms with Gasteiger partial charge in [0.25, 0.3) is 0 Å². The normalized spacial score (nSPS) is 17.9. The number of allylic oxidation sites excluding steroid dienone is 1. The van der Waals surface area contributed by atoms with E-state index in [2.05, 4.69) is 18.5 Å². The molecule has 1 saturated heterocycles. The summed E-state index contributed by atoms with van der Waals surface area (Å²) in [6, 6.07) is 0. The molecule has 0 aromatic rings. The van der Waals surface area contributed by atoms with E-state index < -0.39 is 0 Å². The van der Waals surface area contributed by atoms with Gasteiger partial charge in [-0.3, -0.25) is 4.79 Å². The highest BCUT2D eigenvalue weighted by atomic mass is 16.1. The maximum absolute atomic E-state index is 9.06. The lowest BCUT2D eigenvalue weighted by Crippen LogP contribution is -2.24. The summed E-state index contributed by atoms with van der Waals surface area (Å²) < 4.78 is 0. The van der Waals surface area contributed by atoms with Gasteiger partial charge in [-0.15, -0.1) is 0 Å².